The lowest BCUT2D eigenvalue weighted by atomic mass is 10.0. The topological polar surface area (TPSA) is 109 Å². The molecule has 1 aliphatic rings. The van der Waals surface area contributed by atoms with Crippen LogP contribution in [-0.2, 0) is 17.6 Å². The molecule has 2 aromatic rings. The second-order valence-corrected chi connectivity index (χ2v) is 7.48. The number of benzene rings is 1. The molecule has 3 N–H and O–H groups in total. The summed E-state index contributed by atoms with van der Waals surface area (Å²) in [6.45, 7) is 2.02. The van der Waals surface area contributed by atoms with Gasteiger partial charge >= 0.3 is 0 Å². The summed E-state index contributed by atoms with van der Waals surface area (Å²) in [7, 11) is 1.65. The fourth-order valence-electron chi connectivity index (χ4n) is 3.22. The van der Waals surface area contributed by atoms with Crippen LogP contribution in [0.15, 0.2) is 24.3 Å². The molecule has 1 heterocycles. The van der Waals surface area contributed by atoms with E-state index < -0.39 is 11.5 Å². The van der Waals surface area contributed by atoms with Crippen molar-refractivity contribution in [3.8, 4) is 23.2 Å². The number of aromatic nitrogens is 2. The Morgan fingerprint density at radius 3 is 2.90 bits per heavy atom. The predicted molar refractivity (Wildman–Crippen MR) is 109 cm³/mol. The van der Waals surface area contributed by atoms with Crippen molar-refractivity contribution in [3.05, 3.63) is 46.8 Å². The van der Waals surface area contributed by atoms with E-state index in [1.165, 1.54) is 4.90 Å². The first-order chi connectivity index (χ1) is 13.8. The molecular weight excluding hydrogens is 368 g/mol. The van der Waals surface area contributed by atoms with Crippen LogP contribution in [0.3, 0.4) is 0 Å². The summed E-state index contributed by atoms with van der Waals surface area (Å²) in [5.74, 6) is 5.73. The van der Waals surface area contributed by atoms with Gasteiger partial charge in [-0.2, -0.15) is 0 Å². The molecule has 29 heavy (non-hydrogen) atoms. The minimum Gasteiger partial charge on any atom is -0.378 e. The third-order valence-electron chi connectivity index (χ3n) is 4.89. The molecule has 7 nitrogen and oxygen atoms in total. The zero-order valence-electron chi connectivity index (χ0n) is 16.6. The number of rotatable bonds is 6. The Labute approximate surface area is 170 Å². The number of hydrogen-bond donors (Lipinski definition) is 2. The Kier molecular flexibility index (Phi) is 5.95. The zero-order chi connectivity index (χ0) is 21.0. The highest BCUT2D eigenvalue weighted by atomic mass is 16.3. The number of aryl methyl sites for hydroxylation is 1. The second-order valence-electron chi connectivity index (χ2n) is 7.48. The predicted octanol–water partition coefficient (Wildman–Crippen LogP) is 1.31. The summed E-state index contributed by atoms with van der Waals surface area (Å²) in [6, 6.07) is 7.33. The van der Waals surface area contributed by atoms with Gasteiger partial charge in [0, 0.05) is 42.4 Å². The van der Waals surface area contributed by atoms with Crippen molar-refractivity contribution in [2.24, 2.45) is 5.73 Å². The van der Waals surface area contributed by atoms with E-state index in [4.69, 9.17) is 5.73 Å². The first-order valence-electron chi connectivity index (χ1n) is 9.50. The fourth-order valence-corrected chi connectivity index (χ4v) is 3.22. The Morgan fingerprint density at radius 1 is 1.38 bits per heavy atom. The van der Waals surface area contributed by atoms with Gasteiger partial charge in [-0.05, 0) is 38.3 Å². The van der Waals surface area contributed by atoms with Crippen LogP contribution in [0, 0.1) is 11.8 Å². The van der Waals surface area contributed by atoms with Crippen LogP contribution in [0.1, 0.15) is 47.1 Å². The van der Waals surface area contributed by atoms with Gasteiger partial charge in [-0.1, -0.05) is 24.0 Å². The minimum absolute atomic E-state index is 0.293. The number of amides is 2. The molecule has 1 aromatic heterocycles. The first kappa shape index (κ1) is 20.5. The maximum atomic E-state index is 11.8. The Morgan fingerprint density at radius 2 is 2.17 bits per heavy atom. The lowest BCUT2D eigenvalue weighted by Gasteiger charge is -2.19. The average molecular weight is 392 g/mol. The number of fused-ring (bicyclic) bond motifs is 1. The molecule has 1 aliphatic carbocycles. The number of hydrogen-bond acceptors (Lipinski definition) is 5. The van der Waals surface area contributed by atoms with Crippen LogP contribution in [-0.4, -0.2) is 51.5 Å². The van der Waals surface area contributed by atoms with Crippen molar-refractivity contribution in [2.75, 3.05) is 13.6 Å². The quantitative estimate of drug-likeness (QED) is 0.569. The van der Waals surface area contributed by atoms with Crippen LogP contribution >= 0.6 is 0 Å². The number of carbonyl (C=O) groups excluding carboxylic acids is 2. The first-order valence-corrected chi connectivity index (χ1v) is 9.50. The van der Waals surface area contributed by atoms with Crippen molar-refractivity contribution in [3.63, 3.8) is 0 Å². The Bertz CT molecular complexity index is 1000. The molecule has 1 atom stereocenters. The lowest BCUT2D eigenvalue weighted by molar-refractivity contribution is -0.117. The van der Waals surface area contributed by atoms with Crippen molar-refractivity contribution < 1.29 is 14.7 Å². The van der Waals surface area contributed by atoms with Gasteiger partial charge in [-0.15, -0.1) is 0 Å². The summed E-state index contributed by atoms with van der Waals surface area (Å²) in [4.78, 5) is 33.0. The maximum Gasteiger partial charge on any atom is 0.267 e. The third kappa shape index (κ3) is 4.98. The average Bonchev–Trinajstić information content (AvgIpc) is 3.18. The number of aliphatic hydroxyl groups is 1. The molecule has 0 saturated carbocycles. The lowest BCUT2D eigenvalue weighted by Crippen LogP contribution is -2.29. The summed E-state index contributed by atoms with van der Waals surface area (Å²) in [5, 5.41) is 10.4. The molecule has 0 radical (unpaired) electrons. The maximum absolute atomic E-state index is 11.8. The summed E-state index contributed by atoms with van der Waals surface area (Å²) >= 11 is 0. The van der Waals surface area contributed by atoms with Gasteiger partial charge in [0.05, 0.1) is 0 Å². The van der Waals surface area contributed by atoms with Gasteiger partial charge in [0.25, 0.3) is 5.91 Å². The molecule has 3 rings (SSSR count). The van der Waals surface area contributed by atoms with Crippen molar-refractivity contribution in [2.45, 2.75) is 38.2 Å². The van der Waals surface area contributed by atoms with Gasteiger partial charge in [0.1, 0.15) is 11.3 Å². The highest BCUT2D eigenvalue weighted by molar-refractivity contribution is 5.93. The Hall–Kier alpha value is -3.24. The normalized spacial score (nSPS) is 14.3. The van der Waals surface area contributed by atoms with E-state index in [-0.39, 0.29) is 0 Å². The highest BCUT2D eigenvalue weighted by Gasteiger charge is 2.22. The summed E-state index contributed by atoms with van der Waals surface area (Å²) in [6.07, 6.45) is 3.57. The van der Waals surface area contributed by atoms with Crippen molar-refractivity contribution in [1.82, 2.24) is 14.9 Å². The van der Waals surface area contributed by atoms with E-state index in [2.05, 4.69) is 21.8 Å². The molecule has 150 valence electrons. The molecule has 2 amide bonds. The van der Waals surface area contributed by atoms with E-state index in [0.29, 0.717) is 36.5 Å². The molecule has 1 aromatic carbocycles. The summed E-state index contributed by atoms with van der Waals surface area (Å²) < 4.78 is 0. The van der Waals surface area contributed by atoms with Gasteiger partial charge in [-0.25, -0.2) is 9.97 Å². The molecule has 0 saturated heterocycles. The van der Waals surface area contributed by atoms with E-state index in [9.17, 15) is 14.7 Å². The van der Waals surface area contributed by atoms with Crippen LogP contribution in [0.5, 0.6) is 0 Å². The van der Waals surface area contributed by atoms with E-state index in [1.807, 2.05) is 24.3 Å². The van der Waals surface area contributed by atoms with Crippen molar-refractivity contribution in [1.29, 1.82) is 0 Å². The largest absolute Gasteiger partial charge is 0.378 e. The fraction of sp³-hybridized carbons (Fsp3) is 0.364. The van der Waals surface area contributed by atoms with Crippen LogP contribution in [0.4, 0.5) is 0 Å². The summed E-state index contributed by atoms with van der Waals surface area (Å²) in [5.41, 5.74) is 7.74. The van der Waals surface area contributed by atoms with Gasteiger partial charge < -0.3 is 15.7 Å². The number of nitrogens with zero attached hydrogens (tertiary/aromatic N) is 3. The highest BCUT2D eigenvalue weighted by Crippen LogP contribution is 2.26. The molecule has 0 unspecified atom stereocenters. The second kappa shape index (κ2) is 8.41. The molecule has 0 bridgehead atoms. The van der Waals surface area contributed by atoms with Gasteiger partial charge in [0.2, 0.25) is 6.41 Å². The number of primary amides is 1. The number of nitrogens with two attached hydrogens (primary N) is 1. The van der Waals surface area contributed by atoms with E-state index in [1.54, 1.807) is 14.0 Å². The standard InChI is InChI=1S/C22H24N4O3/c1-22(29,11-12-26(2)14-27)10-9-15-5-3-6-16(13-15)21-24-18-8-4-7-17(18)19(25-21)20(23)28/h3,5-6,13-14,29H,4,7-8,11-12H2,1-2H3,(H2,23,28)/t22-/m0/s1. The molecular formula is C22H24N4O3. The smallest absolute Gasteiger partial charge is 0.267 e. The van der Waals surface area contributed by atoms with Gasteiger partial charge in [-0.3, -0.25) is 9.59 Å². The van der Waals surface area contributed by atoms with E-state index >= 15 is 0 Å². The van der Waals surface area contributed by atoms with E-state index in [0.717, 1.165) is 36.1 Å². The van der Waals surface area contributed by atoms with Crippen LogP contribution in [0.25, 0.3) is 11.4 Å². The zero-order valence-corrected chi connectivity index (χ0v) is 16.6. The molecule has 0 fully saturated rings. The SMILES string of the molecule is CN(C=O)CC[C@@](C)(O)C#Cc1cccc(-c2nc3c(c(C(N)=O)n2)CCC3)c1. The monoisotopic (exact) mass is 392 g/mol. The Balaban J connectivity index is 1.87. The molecule has 0 spiro atoms. The van der Waals surface area contributed by atoms with Crippen LogP contribution in [0.2, 0.25) is 0 Å². The number of carbonyl (C=O) groups is 2. The minimum atomic E-state index is -1.23. The van der Waals surface area contributed by atoms with Crippen LogP contribution < -0.4 is 5.73 Å². The third-order valence-corrected chi connectivity index (χ3v) is 4.89. The molecule has 0 aliphatic heterocycles. The van der Waals surface area contributed by atoms with Crippen molar-refractivity contribution >= 4 is 12.3 Å². The van der Waals surface area contributed by atoms with Gasteiger partial charge in [0.15, 0.2) is 5.82 Å². The molecule has 7 heteroatoms.